The summed E-state index contributed by atoms with van der Waals surface area (Å²) in [4.78, 5) is 0. The quantitative estimate of drug-likeness (QED) is 0.568. The zero-order valence-corrected chi connectivity index (χ0v) is 7.75. The molecular formula is C10H13NO2. The van der Waals surface area contributed by atoms with E-state index >= 15 is 0 Å². The smallest absolute Gasteiger partial charge is 0.140 e. The molecule has 0 N–H and O–H groups in total. The first-order valence-electron chi connectivity index (χ1n) is 4.94. The van der Waals surface area contributed by atoms with Gasteiger partial charge in [-0.25, -0.2) is 0 Å². The van der Waals surface area contributed by atoms with E-state index in [0.717, 1.165) is 37.1 Å². The van der Waals surface area contributed by atoms with Crippen LogP contribution >= 0.6 is 0 Å². The molecule has 1 fully saturated rings. The van der Waals surface area contributed by atoms with Crippen molar-refractivity contribution in [1.82, 2.24) is 5.16 Å². The lowest BCUT2D eigenvalue weighted by Gasteiger charge is -2.03. The average Bonchev–Trinajstić information content (AvgIpc) is 2.73. The van der Waals surface area contributed by atoms with E-state index in [2.05, 4.69) is 5.16 Å². The number of fused-ring (bicyclic) bond motifs is 2. The summed E-state index contributed by atoms with van der Waals surface area (Å²) >= 11 is 0. The van der Waals surface area contributed by atoms with Gasteiger partial charge in [0.25, 0.3) is 0 Å². The van der Waals surface area contributed by atoms with Gasteiger partial charge in [0, 0.05) is 12.0 Å². The van der Waals surface area contributed by atoms with Crippen LogP contribution in [-0.4, -0.2) is 17.4 Å². The number of aromatic nitrogens is 1. The van der Waals surface area contributed by atoms with Crippen LogP contribution in [-0.2, 0) is 17.6 Å². The van der Waals surface area contributed by atoms with Gasteiger partial charge in [-0.3, -0.25) is 0 Å². The van der Waals surface area contributed by atoms with E-state index in [1.54, 1.807) is 0 Å². The lowest BCUT2D eigenvalue weighted by atomic mass is 9.98. The van der Waals surface area contributed by atoms with E-state index in [9.17, 15) is 0 Å². The number of hydrogen-bond donors (Lipinski definition) is 0. The largest absolute Gasteiger partial charge is 0.370 e. The van der Waals surface area contributed by atoms with E-state index < -0.39 is 0 Å². The number of aryl methyl sites for hydroxylation is 2. The van der Waals surface area contributed by atoms with Crippen molar-refractivity contribution in [2.75, 3.05) is 0 Å². The van der Waals surface area contributed by atoms with E-state index in [0.29, 0.717) is 12.2 Å². The molecule has 0 bridgehead atoms. The number of nitrogens with zero attached hydrogens (tertiary/aromatic N) is 1. The molecule has 1 aromatic heterocycles. The molecule has 2 heterocycles. The van der Waals surface area contributed by atoms with Gasteiger partial charge in [0.15, 0.2) is 0 Å². The fraction of sp³-hybridized carbons (Fsp3) is 0.700. The third-order valence-corrected chi connectivity index (χ3v) is 3.09. The van der Waals surface area contributed by atoms with Crippen LogP contribution in [0.2, 0.25) is 0 Å². The molecule has 3 rings (SSSR count). The molecule has 0 amide bonds. The second-order valence-corrected chi connectivity index (χ2v) is 3.96. The molecule has 1 aromatic rings. The normalized spacial score (nSPS) is 31.5. The zero-order chi connectivity index (χ0) is 8.84. The second-order valence-electron chi connectivity index (χ2n) is 3.96. The Hall–Kier alpha value is -0.830. The highest BCUT2D eigenvalue weighted by molar-refractivity contribution is 5.23. The fourth-order valence-electron chi connectivity index (χ4n) is 2.20. The second kappa shape index (κ2) is 2.58. The first-order valence-corrected chi connectivity index (χ1v) is 4.94. The van der Waals surface area contributed by atoms with Crippen LogP contribution in [0.15, 0.2) is 4.52 Å². The van der Waals surface area contributed by atoms with Crippen LogP contribution in [0.1, 0.15) is 29.9 Å². The van der Waals surface area contributed by atoms with Gasteiger partial charge < -0.3 is 9.26 Å². The molecule has 2 aliphatic rings. The molecule has 3 heteroatoms. The molecule has 2 atom stereocenters. The Morgan fingerprint density at radius 1 is 1.23 bits per heavy atom. The lowest BCUT2D eigenvalue weighted by molar-refractivity contribution is 0.346. The van der Waals surface area contributed by atoms with Crippen LogP contribution < -0.4 is 0 Å². The molecule has 1 aliphatic heterocycles. The monoisotopic (exact) mass is 179 g/mol. The first-order chi connectivity index (χ1) is 6.34. The van der Waals surface area contributed by atoms with E-state index in [4.69, 9.17) is 9.26 Å². The van der Waals surface area contributed by atoms with Crippen LogP contribution in [0.25, 0.3) is 0 Å². The summed E-state index contributed by atoms with van der Waals surface area (Å²) in [6, 6.07) is 0. The molecule has 0 spiro atoms. The van der Waals surface area contributed by atoms with E-state index in [1.165, 1.54) is 5.56 Å². The number of ether oxygens (including phenoxy) is 1. The number of epoxide rings is 1. The van der Waals surface area contributed by atoms with Gasteiger partial charge in [0.2, 0.25) is 0 Å². The highest BCUT2D eigenvalue weighted by atomic mass is 16.6. The Bertz CT molecular complexity index is 332. The number of hydrogen-bond acceptors (Lipinski definition) is 3. The Morgan fingerprint density at radius 3 is 2.85 bits per heavy atom. The van der Waals surface area contributed by atoms with Gasteiger partial charge in [-0.1, -0.05) is 5.16 Å². The maximum atomic E-state index is 5.52. The van der Waals surface area contributed by atoms with Crippen molar-refractivity contribution in [2.24, 2.45) is 0 Å². The van der Waals surface area contributed by atoms with E-state index in [-0.39, 0.29) is 0 Å². The molecule has 0 radical (unpaired) electrons. The Labute approximate surface area is 77.1 Å². The number of rotatable bonds is 0. The van der Waals surface area contributed by atoms with E-state index in [1.807, 2.05) is 6.92 Å². The van der Waals surface area contributed by atoms with Gasteiger partial charge in [-0.2, -0.15) is 0 Å². The minimum atomic E-state index is 0.513. The highest BCUT2D eigenvalue weighted by Gasteiger charge is 2.39. The van der Waals surface area contributed by atoms with Crippen molar-refractivity contribution in [3.63, 3.8) is 0 Å². The summed E-state index contributed by atoms with van der Waals surface area (Å²) in [5, 5.41) is 4.01. The predicted molar refractivity (Wildman–Crippen MR) is 46.5 cm³/mol. The first kappa shape index (κ1) is 7.56. The molecule has 0 aromatic carbocycles. The van der Waals surface area contributed by atoms with Crippen LogP contribution in [0, 0.1) is 6.92 Å². The van der Waals surface area contributed by atoms with Crippen molar-refractivity contribution in [1.29, 1.82) is 0 Å². The van der Waals surface area contributed by atoms with Crippen LogP contribution in [0.5, 0.6) is 0 Å². The van der Waals surface area contributed by atoms with Gasteiger partial charge in [0.05, 0.1) is 17.9 Å². The summed E-state index contributed by atoms with van der Waals surface area (Å²) in [6.07, 6.45) is 5.36. The maximum Gasteiger partial charge on any atom is 0.140 e. The summed E-state index contributed by atoms with van der Waals surface area (Å²) < 4.78 is 10.8. The van der Waals surface area contributed by atoms with Gasteiger partial charge in [0.1, 0.15) is 5.76 Å². The predicted octanol–water partition coefficient (Wildman–Crippen LogP) is 1.63. The molecule has 13 heavy (non-hydrogen) atoms. The molecule has 70 valence electrons. The molecule has 1 aliphatic carbocycles. The topological polar surface area (TPSA) is 38.6 Å². The maximum absolute atomic E-state index is 5.52. The van der Waals surface area contributed by atoms with Crippen molar-refractivity contribution in [3.8, 4) is 0 Å². The van der Waals surface area contributed by atoms with Crippen LogP contribution in [0.4, 0.5) is 0 Å². The SMILES string of the molecule is Cc1noc2c1CC[C@H]1O[C@H]1CC2. The molecule has 0 saturated carbocycles. The highest BCUT2D eigenvalue weighted by Crippen LogP contribution is 2.34. The van der Waals surface area contributed by atoms with Gasteiger partial charge in [-0.15, -0.1) is 0 Å². The van der Waals surface area contributed by atoms with Gasteiger partial charge >= 0.3 is 0 Å². The van der Waals surface area contributed by atoms with Crippen molar-refractivity contribution >= 4 is 0 Å². The summed E-state index contributed by atoms with van der Waals surface area (Å²) in [7, 11) is 0. The minimum Gasteiger partial charge on any atom is -0.370 e. The standard InChI is InChI=1S/C10H13NO2/c1-6-7-2-3-9-10(12-9)5-4-8(7)13-11-6/h9-10H,2-5H2,1H3/t9-,10+/m1/s1. The van der Waals surface area contributed by atoms with Crippen molar-refractivity contribution in [3.05, 3.63) is 17.0 Å². The minimum absolute atomic E-state index is 0.513. The summed E-state index contributed by atoms with van der Waals surface area (Å²) in [5.41, 5.74) is 2.39. The van der Waals surface area contributed by atoms with Crippen molar-refractivity contribution in [2.45, 2.75) is 44.8 Å². The third-order valence-electron chi connectivity index (χ3n) is 3.09. The summed E-state index contributed by atoms with van der Waals surface area (Å²) in [5.74, 6) is 1.09. The lowest BCUT2D eigenvalue weighted by Crippen LogP contribution is -2.04. The van der Waals surface area contributed by atoms with Crippen LogP contribution in [0.3, 0.4) is 0 Å². The Balaban J connectivity index is 1.91. The van der Waals surface area contributed by atoms with Gasteiger partial charge in [-0.05, 0) is 26.2 Å². The Kier molecular flexibility index (Phi) is 1.50. The zero-order valence-electron chi connectivity index (χ0n) is 7.75. The molecular weight excluding hydrogens is 166 g/mol. The molecule has 0 unspecified atom stereocenters. The molecule has 1 saturated heterocycles. The van der Waals surface area contributed by atoms with Crippen molar-refractivity contribution < 1.29 is 9.26 Å². The Morgan fingerprint density at radius 2 is 2.00 bits per heavy atom. The average molecular weight is 179 g/mol. The third kappa shape index (κ3) is 1.18. The summed E-state index contributed by atoms with van der Waals surface area (Å²) in [6.45, 7) is 2.02. The fourth-order valence-corrected chi connectivity index (χ4v) is 2.20. The molecule has 3 nitrogen and oxygen atoms in total.